The van der Waals surface area contributed by atoms with Crippen molar-refractivity contribution in [3.63, 3.8) is 0 Å². The summed E-state index contributed by atoms with van der Waals surface area (Å²) < 4.78 is 27.2. The van der Waals surface area contributed by atoms with Crippen LogP contribution in [0.2, 0.25) is 0 Å². The fourth-order valence-corrected chi connectivity index (χ4v) is 4.31. The summed E-state index contributed by atoms with van der Waals surface area (Å²) in [6, 6.07) is 7.77. The summed E-state index contributed by atoms with van der Waals surface area (Å²) in [7, 11) is -1.33. The van der Waals surface area contributed by atoms with Crippen LogP contribution < -0.4 is 10.0 Å². The molecule has 0 bridgehead atoms. The predicted octanol–water partition coefficient (Wildman–Crippen LogP) is 2.02. The van der Waals surface area contributed by atoms with E-state index in [1.165, 1.54) is 25.7 Å². The van der Waals surface area contributed by atoms with Crippen LogP contribution in [0.15, 0.2) is 24.3 Å². The van der Waals surface area contributed by atoms with E-state index in [0.717, 1.165) is 23.6 Å². The van der Waals surface area contributed by atoms with Crippen LogP contribution >= 0.6 is 0 Å². The number of benzene rings is 1. The molecule has 3 rings (SSSR count). The van der Waals surface area contributed by atoms with Crippen molar-refractivity contribution < 1.29 is 8.42 Å². The van der Waals surface area contributed by atoms with Crippen LogP contribution in [0.5, 0.6) is 0 Å². The average molecular weight is 308 g/mol. The van der Waals surface area contributed by atoms with Gasteiger partial charge in [0.1, 0.15) is 0 Å². The van der Waals surface area contributed by atoms with Crippen molar-refractivity contribution in [2.45, 2.75) is 38.0 Å². The number of nitrogens with one attached hydrogen (secondary N) is 2. The molecule has 2 fully saturated rings. The molecule has 0 aromatic heterocycles. The minimum Gasteiger partial charge on any atom is -0.316 e. The van der Waals surface area contributed by atoms with Crippen LogP contribution in [-0.2, 0) is 22.3 Å². The second-order valence-electron chi connectivity index (χ2n) is 6.56. The largest absolute Gasteiger partial charge is 0.316 e. The molecule has 0 unspecified atom stereocenters. The van der Waals surface area contributed by atoms with E-state index in [4.69, 9.17) is 0 Å². The van der Waals surface area contributed by atoms with Crippen molar-refractivity contribution in [3.8, 4) is 0 Å². The van der Waals surface area contributed by atoms with Gasteiger partial charge in [0.25, 0.3) is 0 Å². The lowest BCUT2D eigenvalue weighted by molar-refractivity contribution is 0.431. The second kappa shape index (κ2) is 5.71. The van der Waals surface area contributed by atoms with Gasteiger partial charge in [0, 0.05) is 13.1 Å². The molecule has 5 heteroatoms. The Labute approximate surface area is 127 Å². The molecule has 0 aliphatic heterocycles. The SMILES string of the molecule is CNCc1ccc(CS(=O)(=O)NCC2(C3CC3)CC2)cc1. The molecule has 21 heavy (non-hydrogen) atoms. The fraction of sp³-hybridized carbons (Fsp3) is 0.625. The Morgan fingerprint density at radius 2 is 1.76 bits per heavy atom. The maximum absolute atomic E-state index is 12.2. The van der Waals surface area contributed by atoms with E-state index in [1.807, 2.05) is 31.3 Å². The summed E-state index contributed by atoms with van der Waals surface area (Å²) in [5, 5.41) is 3.08. The molecular weight excluding hydrogens is 284 g/mol. The summed E-state index contributed by atoms with van der Waals surface area (Å²) in [5.41, 5.74) is 2.32. The van der Waals surface area contributed by atoms with E-state index in [9.17, 15) is 8.42 Å². The lowest BCUT2D eigenvalue weighted by Gasteiger charge is -2.15. The van der Waals surface area contributed by atoms with E-state index in [-0.39, 0.29) is 5.75 Å². The summed E-state index contributed by atoms with van der Waals surface area (Å²) >= 11 is 0. The van der Waals surface area contributed by atoms with Crippen molar-refractivity contribution in [2.24, 2.45) is 11.3 Å². The van der Waals surface area contributed by atoms with Gasteiger partial charge in [0.2, 0.25) is 10.0 Å². The van der Waals surface area contributed by atoms with E-state index >= 15 is 0 Å². The zero-order valence-electron chi connectivity index (χ0n) is 12.6. The quantitative estimate of drug-likeness (QED) is 0.772. The van der Waals surface area contributed by atoms with Gasteiger partial charge in [-0.15, -0.1) is 0 Å². The van der Waals surface area contributed by atoms with E-state index in [1.54, 1.807) is 0 Å². The topological polar surface area (TPSA) is 58.2 Å². The first-order valence-electron chi connectivity index (χ1n) is 7.73. The van der Waals surface area contributed by atoms with Gasteiger partial charge < -0.3 is 5.32 Å². The maximum atomic E-state index is 12.2. The minimum atomic E-state index is -3.22. The molecule has 2 aliphatic rings. The molecule has 2 saturated carbocycles. The molecule has 0 saturated heterocycles. The highest BCUT2D eigenvalue weighted by Gasteiger charge is 2.53. The van der Waals surface area contributed by atoms with Gasteiger partial charge in [-0.2, -0.15) is 0 Å². The average Bonchev–Trinajstić information content (AvgIpc) is 3.32. The van der Waals surface area contributed by atoms with Crippen molar-refractivity contribution in [3.05, 3.63) is 35.4 Å². The Bertz CT molecular complexity index is 587. The molecule has 1 aromatic carbocycles. The van der Waals surface area contributed by atoms with Crippen molar-refractivity contribution >= 4 is 10.0 Å². The highest BCUT2D eigenvalue weighted by Crippen LogP contribution is 2.60. The Morgan fingerprint density at radius 3 is 2.29 bits per heavy atom. The van der Waals surface area contributed by atoms with Gasteiger partial charge in [0.05, 0.1) is 5.75 Å². The zero-order valence-corrected chi connectivity index (χ0v) is 13.4. The molecule has 0 heterocycles. The molecule has 4 nitrogen and oxygen atoms in total. The Balaban J connectivity index is 1.55. The smallest absolute Gasteiger partial charge is 0.215 e. The van der Waals surface area contributed by atoms with Gasteiger partial charge >= 0.3 is 0 Å². The van der Waals surface area contributed by atoms with Gasteiger partial charge in [-0.3, -0.25) is 0 Å². The molecule has 0 atom stereocenters. The summed E-state index contributed by atoms with van der Waals surface area (Å²) in [4.78, 5) is 0. The normalized spacial score (nSPS) is 20.4. The standard InChI is InChI=1S/C16H24N2O2S/c1-17-10-13-2-4-14(5-3-13)11-21(19,20)18-12-16(8-9-16)15-6-7-15/h2-5,15,17-18H,6-12H2,1H3. The van der Waals surface area contributed by atoms with Crippen molar-refractivity contribution in [1.29, 1.82) is 0 Å². The van der Waals surface area contributed by atoms with E-state index < -0.39 is 10.0 Å². The highest BCUT2D eigenvalue weighted by atomic mass is 32.2. The predicted molar refractivity (Wildman–Crippen MR) is 84.2 cm³/mol. The second-order valence-corrected chi connectivity index (χ2v) is 8.37. The van der Waals surface area contributed by atoms with E-state index in [2.05, 4.69) is 10.0 Å². The van der Waals surface area contributed by atoms with Crippen LogP contribution in [0.3, 0.4) is 0 Å². The number of sulfonamides is 1. The third-order valence-electron chi connectivity index (χ3n) is 4.74. The molecule has 0 radical (unpaired) electrons. The van der Waals surface area contributed by atoms with Crippen LogP contribution in [0.4, 0.5) is 0 Å². The molecule has 2 N–H and O–H groups in total. The zero-order chi connectivity index (χ0) is 14.9. The van der Waals surface area contributed by atoms with Crippen LogP contribution in [0.25, 0.3) is 0 Å². The van der Waals surface area contributed by atoms with Crippen LogP contribution in [0.1, 0.15) is 36.8 Å². The Hall–Kier alpha value is -0.910. The third-order valence-corrected chi connectivity index (χ3v) is 6.04. The third kappa shape index (κ3) is 3.84. The number of hydrogen-bond donors (Lipinski definition) is 2. The Kier molecular flexibility index (Phi) is 4.08. The maximum Gasteiger partial charge on any atom is 0.215 e. The molecule has 0 spiro atoms. The summed E-state index contributed by atoms with van der Waals surface area (Å²) in [6.07, 6.45) is 4.96. The summed E-state index contributed by atoms with van der Waals surface area (Å²) in [5.74, 6) is 0.856. The minimum absolute atomic E-state index is 0.0770. The van der Waals surface area contributed by atoms with Gasteiger partial charge in [-0.25, -0.2) is 13.1 Å². The number of rotatable bonds is 8. The number of hydrogen-bond acceptors (Lipinski definition) is 3. The lowest BCUT2D eigenvalue weighted by atomic mass is 10.0. The van der Waals surface area contributed by atoms with Crippen LogP contribution in [0, 0.1) is 11.3 Å². The first-order valence-corrected chi connectivity index (χ1v) is 9.38. The molecule has 0 amide bonds. The first-order chi connectivity index (χ1) is 10.0. The van der Waals surface area contributed by atoms with Crippen molar-refractivity contribution in [1.82, 2.24) is 10.0 Å². The lowest BCUT2D eigenvalue weighted by Crippen LogP contribution is -2.32. The van der Waals surface area contributed by atoms with Crippen molar-refractivity contribution in [2.75, 3.05) is 13.6 Å². The van der Waals surface area contributed by atoms with Crippen LogP contribution in [-0.4, -0.2) is 22.0 Å². The monoisotopic (exact) mass is 308 g/mol. The molecule has 1 aromatic rings. The molecule has 2 aliphatic carbocycles. The first kappa shape index (κ1) is 15.0. The van der Waals surface area contributed by atoms with Gasteiger partial charge in [-0.05, 0) is 55.2 Å². The summed E-state index contributed by atoms with van der Waals surface area (Å²) in [6.45, 7) is 1.44. The van der Waals surface area contributed by atoms with Gasteiger partial charge in [-0.1, -0.05) is 24.3 Å². The molecular formula is C16H24N2O2S. The fourth-order valence-electron chi connectivity index (χ4n) is 3.07. The highest BCUT2D eigenvalue weighted by molar-refractivity contribution is 7.88. The van der Waals surface area contributed by atoms with E-state index in [0.29, 0.717) is 12.0 Å². The Morgan fingerprint density at radius 1 is 1.14 bits per heavy atom. The molecule has 116 valence electrons. The van der Waals surface area contributed by atoms with Gasteiger partial charge in [0.15, 0.2) is 0 Å².